The zero-order valence-corrected chi connectivity index (χ0v) is 13.0. The van der Waals surface area contributed by atoms with Crippen molar-refractivity contribution in [3.8, 4) is 0 Å². The number of carbonyl (C=O) groups is 1. The highest BCUT2D eigenvalue weighted by Gasteiger charge is 2.09. The molecule has 5 nitrogen and oxygen atoms in total. The summed E-state index contributed by atoms with van der Waals surface area (Å²) in [5, 5.41) is 5.93. The number of anilines is 1. The maximum atomic E-state index is 12.0. The van der Waals surface area contributed by atoms with E-state index >= 15 is 0 Å². The molecular weight excluding hydrogens is 276 g/mol. The van der Waals surface area contributed by atoms with Crippen LogP contribution in [0.5, 0.6) is 0 Å². The highest BCUT2D eigenvalue weighted by Crippen LogP contribution is 2.15. The second-order valence-electron chi connectivity index (χ2n) is 4.80. The molecule has 1 amide bonds. The van der Waals surface area contributed by atoms with Gasteiger partial charge in [0.25, 0.3) is 5.91 Å². The van der Waals surface area contributed by atoms with Gasteiger partial charge in [-0.1, -0.05) is 0 Å². The molecule has 112 valence electrons. The molecule has 6 heteroatoms. The Balaban J connectivity index is 2.55. The van der Waals surface area contributed by atoms with Crippen molar-refractivity contribution in [2.45, 2.75) is 20.3 Å². The molecule has 1 aromatic carbocycles. The maximum Gasteiger partial charge on any atom is 0.251 e. The van der Waals surface area contributed by atoms with Gasteiger partial charge in [-0.3, -0.25) is 4.79 Å². The van der Waals surface area contributed by atoms with Gasteiger partial charge in [0, 0.05) is 30.6 Å². The number of hydrogen-bond donors (Lipinski definition) is 2. The molecule has 0 saturated heterocycles. The number of amides is 1. The van der Waals surface area contributed by atoms with Crippen LogP contribution in [-0.2, 0) is 9.84 Å². The van der Waals surface area contributed by atoms with Gasteiger partial charge < -0.3 is 10.6 Å². The van der Waals surface area contributed by atoms with Crippen molar-refractivity contribution in [3.63, 3.8) is 0 Å². The first kappa shape index (κ1) is 16.5. The largest absolute Gasteiger partial charge is 0.385 e. The lowest BCUT2D eigenvalue weighted by atomic mass is 10.1. The van der Waals surface area contributed by atoms with Crippen molar-refractivity contribution in [2.75, 3.05) is 30.4 Å². The summed E-state index contributed by atoms with van der Waals surface area (Å²) < 4.78 is 22.0. The van der Waals surface area contributed by atoms with Crippen molar-refractivity contribution >= 4 is 21.4 Å². The number of sulfone groups is 1. The fourth-order valence-corrected chi connectivity index (χ4v) is 2.53. The van der Waals surface area contributed by atoms with Crippen molar-refractivity contribution in [3.05, 3.63) is 29.3 Å². The Morgan fingerprint density at radius 2 is 2.00 bits per heavy atom. The lowest BCUT2D eigenvalue weighted by Gasteiger charge is -2.10. The molecule has 0 aliphatic heterocycles. The van der Waals surface area contributed by atoms with E-state index in [0.29, 0.717) is 18.5 Å². The Hall–Kier alpha value is -1.56. The Morgan fingerprint density at radius 1 is 1.30 bits per heavy atom. The minimum absolute atomic E-state index is 0.0889. The number of benzene rings is 1. The van der Waals surface area contributed by atoms with E-state index in [-0.39, 0.29) is 11.7 Å². The first-order valence-electron chi connectivity index (χ1n) is 6.64. The Kier molecular flexibility index (Phi) is 6.01. The lowest BCUT2D eigenvalue weighted by Crippen LogP contribution is -2.26. The molecule has 0 aliphatic carbocycles. The molecule has 0 spiro atoms. The van der Waals surface area contributed by atoms with Crippen LogP contribution < -0.4 is 10.6 Å². The van der Waals surface area contributed by atoms with Crippen LogP contribution >= 0.6 is 0 Å². The van der Waals surface area contributed by atoms with Crippen LogP contribution in [0.2, 0.25) is 0 Å². The number of carbonyl (C=O) groups excluding carboxylic acids is 1. The van der Waals surface area contributed by atoms with Gasteiger partial charge in [-0.25, -0.2) is 8.42 Å². The molecule has 0 fully saturated rings. The van der Waals surface area contributed by atoms with Crippen LogP contribution in [0.4, 0.5) is 5.69 Å². The number of rotatable bonds is 7. The van der Waals surface area contributed by atoms with Crippen molar-refractivity contribution in [2.24, 2.45) is 0 Å². The van der Waals surface area contributed by atoms with Gasteiger partial charge in [0.15, 0.2) is 0 Å². The molecule has 0 aliphatic rings. The third-order valence-electron chi connectivity index (χ3n) is 2.83. The Morgan fingerprint density at radius 3 is 2.55 bits per heavy atom. The molecule has 0 unspecified atom stereocenters. The highest BCUT2D eigenvalue weighted by molar-refractivity contribution is 7.90. The quantitative estimate of drug-likeness (QED) is 0.750. The van der Waals surface area contributed by atoms with Crippen LogP contribution in [-0.4, -0.2) is 39.4 Å². The average molecular weight is 298 g/mol. The number of hydrogen-bond acceptors (Lipinski definition) is 4. The molecule has 0 aromatic heterocycles. The van der Waals surface area contributed by atoms with Gasteiger partial charge in [-0.15, -0.1) is 0 Å². The van der Waals surface area contributed by atoms with Crippen molar-refractivity contribution in [1.82, 2.24) is 5.32 Å². The molecule has 1 aromatic rings. The predicted octanol–water partition coefficient (Wildman–Crippen LogP) is 1.59. The zero-order chi connectivity index (χ0) is 15.2. The maximum absolute atomic E-state index is 12.0. The normalized spacial score (nSPS) is 11.2. The third kappa shape index (κ3) is 5.61. The zero-order valence-electron chi connectivity index (χ0n) is 12.2. The first-order valence-corrected chi connectivity index (χ1v) is 8.70. The molecular formula is C14H22N2O3S. The smallest absolute Gasteiger partial charge is 0.251 e. The predicted molar refractivity (Wildman–Crippen MR) is 82.0 cm³/mol. The van der Waals surface area contributed by atoms with Crippen LogP contribution in [0.15, 0.2) is 18.2 Å². The lowest BCUT2D eigenvalue weighted by molar-refractivity contribution is 0.0953. The summed E-state index contributed by atoms with van der Waals surface area (Å²) >= 11 is 0. The van der Waals surface area contributed by atoms with E-state index in [2.05, 4.69) is 10.6 Å². The molecule has 0 radical (unpaired) electrons. The molecule has 0 bridgehead atoms. The van der Waals surface area contributed by atoms with E-state index in [0.717, 1.165) is 17.8 Å². The molecule has 0 atom stereocenters. The minimum atomic E-state index is -2.97. The van der Waals surface area contributed by atoms with E-state index in [4.69, 9.17) is 0 Å². The van der Waals surface area contributed by atoms with Gasteiger partial charge in [-0.05, 0) is 44.0 Å². The van der Waals surface area contributed by atoms with Crippen LogP contribution in [0.25, 0.3) is 0 Å². The van der Waals surface area contributed by atoms with Gasteiger partial charge in [0.2, 0.25) is 0 Å². The standard InChI is InChI=1S/C14H22N2O3S/c1-4-15-12-6-7-13(11(2)10-12)14(17)16-8-5-9-20(3,18)19/h6-7,10,15H,4-5,8-9H2,1-3H3,(H,16,17). The molecule has 1 rings (SSSR count). The Bertz CT molecular complexity index is 568. The third-order valence-corrected chi connectivity index (χ3v) is 3.86. The monoisotopic (exact) mass is 298 g/mol. The topological polar surface area (TPSA) is 75.3 Å². The van der Waals surface area contributed by atoms with E-state index < -0.39 is 9.84 Å². The van der Waals surface area contributed by atoms with Crippen molar-refractivity contribution < 1.29 is 13.2 Å². The van der Waals surface area contributed by atoms with Crippen LogP contribution in [0.3, 0.4) is 0 Å². The van der Waals surface area contributed by atoms with Crippen LogP contribution in [0.1, 0.15) is 29.3 Å². The fraction of sp³-hybridized carbons (Fsp3) is 0.500. The number of nitrogens with one attached hydrogen (secondary N) is 2. The summed E-state index contributed by atoms with van der Waals surface area (Å²) in [6.45, 7) is 5.08. The number of aryl methyl sites for hydroxylation is 1. The van der Waals surface area contributed by atoms with E-state index in [1.165, 1.54) is 6.26 Å². The summed E-state index contributed by atoms with van der Waals surface area (Å²) in [6, 6.07) is 5.57. The molecule has 0 saturated carbocycles. The van der Waals surface area contributed by atoms with E-state index in [1.807, 2.05) is 26.0 Å². The van der Waals surface area contributed by atoms with Crippen molar-refractivity contribution in [1.29, 1.82) is 0 Å². The molecule has 0 heterocycles. The molecule has 2 N–H and O–H groups in total. The summed E-state index contributed by atoms with van der Waals surface area (Å²) in [6.07, 6.45) is 1.62. The second-order valence-corrected chi connectivity index (χ2v) is 7.06. The summed E-state index contributed by atoms with van der Waals surface area (Å²) in [5.41, 5.74) is 2.49. The van der Waals surface area contributed by atoms with E-state index in [1.54, 1.807) is 6.07 Å². The minimum Gasteiger partial charge on any atom is -0.385 e. The Labute approximate surface area is 120 Å². The summed E-state index contributed by atoms with van der Waals surface area (Å²) in [7, 11) is -2.97. The van der Waals surface area contributed by atoms with Gasteiger partial charge in [0.05, 0.1) is 5.75 Å². The summed E-state index contributed by atoms with van der Waals surface area (Å²) in [5.74, 6) is -0.0786. The SMILES string of the molecule is CCNc1ccc(C(=O)NCCCS(C)(=O)=O)c(C)c1. The van der Waals surface area contributed by atoms with Gasteiger partial charge >= 0.3 is 0 Å². The van der Waals surface area contributed by atoms with Gasteiger partial charge in [-0.2, -0.15) is 0 Å². The highest BCUT2D eigenvalue weighted by atomic mass is 32.2. The second kappa shape index (κ2) is 7.28. The average Bonchev–Trinajstić information content (AvgIpc) is 2.34. The van der Waals surface area contributed by atoms with E-state index in [9.17, 15) is 13.2 Å². The summed E-state index contributed by atoms with van der Waals surface area (Å²) in [4.78, 5) is 12.0. The first-order chi connectivity index (χ1) is 9.33. The van der Waals surface area contributed by atoms with Gasteiger partial charge in [0.1, 0.15) is 9.84 Å². The van der Waals surface area contributed by atoms with Crippen LogP contribution in [0, 0.1) is 6.92 Å². The molecule has 20 heavy (non-hydrogen) atoms. The fourth-order valence-electron chi connectivity index (χ4n) is 1.86.